The number of nitrogens with two attached hydrogens (primary N) is 4. The number of fused-ring (bicyclic) bond motifs is 1. The van der Waals surface area contributed by atoms with Gasteiger partial charge in [0.2, 0.25) is 82.7 Å². The van der Waals surface area contributed by atoms with Crippen LogP contribution < -0.4 is 97.4 Å². The second kappa shape index (κ2) is 50.8. The Morgan fingerprint density at radius 1 is 0.463 bits per heavy atom. The van der Waals surface area contributed by atoms with Crippen molar-refractivity contribution in [3.8, 4) is 0 Å². The average Bonchev–Trinajstić information content (AvgIpc) is 1.70. The molecule has 2 saturated heterocycles. The number of aliphatic carboxylic acids is 1. The van der Waals surface area contributed by atoms with E-state index in [0.29, 0.717) is 71.8 Å². The van der Waals surface area contributed by atoms with Crippen LogP contribution in [0.4, 0.5) is 0 Å². The minimum atomic E-state index is -1.99. The molecule has 121 heavy (non-hydrogen) atoms. The fourth-order valence-electron chi connectivity index (χ4n) is 13.4. The van der Waals surface area contributed by atoms with Gasteiger partial charge in [-0.3, -0.25) is 67.1 Å². The molecule has 27 N–H and O–H groups in total. The Morgan fingerprint density at radius 3 is 1.36 bits per heavy atom. The number of carbonyl (C=O) groups excluding carboxylic acids is 14. The molecule has 7 rings (SSSR count). The third kappa shape index (κ3) is 31.8. The molecule has 0 aliphatic carbocycles. The molecular weight excluding hydrogens is 1610 g/mol. The number of carboxylic acids is 1. The third-order valence-corrected chi connectivity index (χ3v) is 22.5. The number of aromatic nitrogens is 1. The molecule has 0 bridgehead atoms. The number of rotatable bonds is 30. The number of para-hydroxylation sites is 1. The van der Waals surface area contributed by atoms with E-state index in [-0.39, 0.29) is 89.6 Å². The van der Waals surface area contributed by atoms with Crippen LogP contribution in [-0.4, -0.2) is 256 Å². The van der Waals surface area contributed by atoms with Crippen LogP contribution in [0.3, 0.4) is 0 Å². The number of carbonyl (C=O) groups is 15. The highest BCUT2D eigenvalue weighted by Crippen LogP contribution is 2.25. The van der Waals surface area contributed by atoms with Crippen LogP contribution in [0.15, 0.2) is 121 Å². The quantitative estimate of drug-likeness (QED) is 0.0152. The molecule has 5 aromatic rings. The maximum atomic E-state index is 15.4. The first kappa shape index (κ1) is 97.0. The van der Waals surface area contributed by atoms with E-state index >= 15 is 14.4 Å². The van der Waals surface area contributed by atoms with Gasteiger partial charge in [0.15, 0.2) is 0 Å². The number of aliphatic hydroxyl groups is 3. The number of H-pyrrole nitrogens is 1. The first-order valence-electron chi connectivity index (χ1n) is 40.2. The minimum Gasteiger partial charge on any atom is -0.480 e. The van der Waals surface area contributed by atoms with Crippen LogP contribution in [0.1, 0.15) is 106 Å². The monoisotopic (exact) mass is 1720 g/mol. The second-order valence-corrected chi connectivity index (χ2v) is 32.1. The number of aromatic amines is 1. The molecule has 4 aromatic carbocycles. The van der Waals surface area contributed by atoms with E-state index in [9.17, 15) is 78.0 Å². The van der Waals surface area contributed by atoms with Crippen LogP contribution in [0.2, 0.25) is 0 Å². The first-order valence-corrected chi connectivity index (χ1v) is 42.7. The highest BCUT2D eigenvalue weighted by atomic mass is 33.1. The Kier molecular flexibility index (Phi) is 40.8. The molecule has 38 nitrogen and oxygen atoms in total. The van der Waals surface area contributed by atoms with E-state index in [4.69, 9.17) is 22.9 Å². The van der Waals surface area contributed by atoms with E-state index in [1.54, 1.807) is 121 Å². The zero-order valence-electron chi connectivity index (χ0n) is 67.2. The van der Waals surface area contributed by atoms with Crippen LogP contribution in [0, 0.1) is 0 Å². The van der Waals surface area contributed by atoms with Gasteiger partial charge in [0.05, 0.1) is 31.8 Å². The average molecular weight is 1720 g/mol. The van der Waals surface area contributed by atoms with Crippen LogP contribution in [0.25, 0.3) is 10.9 Å². The zero-order valence-corrected chi connectivity index (χ0v) is 68.8. The van der Waals surface area contributed by atoms with E-state index in [1.165, 1.54) is 0 Å². The van der Waals surface area contributed by atoms with Gasteiger partial charge in [-0.05, 0) is 132 Å². The number of unbranched alkanes of at least 4 members (excludes halogenated alkanes) is 3. The molecule has 2 aliphatic rings. The molecule has 0 spiro atoms. The lowest BCUT2D eigenvalue weighted by Crippen LogP contribution is -2.63. The summed E-state index contributed by atoms with van der Waals surface area (Å²) in [5.41, 5.74) is 25.8. The van der Waals surface area contributed by atoms with Crippen LogP contribution in [0.5, 0.6) is 0 Å². The zero-order chi connectivity index (χ0) is 87.9. The van der Waals surface area contributed by atoms with Gasteiger partial charge >= 0.3 is 5.97 Å². The Balaban J connectivity index is 1.33. The van der Waals surface area contributed by atoms with Crippen molar-refractivity contribution in [1.82, 2.24) is 79.4 Å². The number of carboxylic acid groups (broad SMARTS) is 1. The molecular formula is C81H113N19O19S2. The SMILES string of the molecule is C[C@@H](O)[C@@H]1NC(=O)[C@H](CCCCN)NC(=O)C(Cc2c[nH]c3ccccc23)NC(=O)[C@H](Cc2ccccc2)NC(=O)C(Cc2ccccc2)NC(=O)[C@H](CC(N)=O)NC(=O)[C@H](CCCCN)NC(=O)[C@@H](NC(=O)[C@@H]2CCCN2)CSSC[C@@H](C(=O)N[C@@H](CCCCN)C(=O)O)NC(=O)C(CO)NC(=O)[C@H](CO)NC(=O)C(Cc2ccccc2)NC1=O. The summed E-state index contributed by atoms with van der Waals surface area (Å²) in [6.45, 7) is -0.341. The van der Waals surface area contributed by atoms with Gasteiger partial charge in [0, 0.05) is 54.3 Å². The van der Waals surface area contributed by atoms with E-state index < -0.39 is 205 Å². The summed E-state index contributed by atoms with van der Waals surface area (Å²) in [5.74, 6) is -17.1. The van der Waals surface area contributed by atoms with Crippen molar-refractivity contribution in [2.24, 2.45) is 22.9 Å². The predicted octanol–water partition coefficient (Wildman–Crippen LogP) is -4.40. The van der Waals surface area contributed by atoms with Gasteiger partial charge in [-0.15, -0.1) is 0 Å². The summed E-state index contributed by atoms with van der Waals surface area (Å²) >= 11 is 0. The number of nitrogens with one attached hydrogen (secondary N) is 15. The topological polar surface area (TPSA) is 625 Å². The molecule has 0 saturated carbocycles. The molecule has 15 atom stereocenters. The molecule has 4 unspecified atom stereocenters. The fraction of sp³-hybridized carbons (Fsp3) is 0.494. The van der Waals surface area contributed by atoms with E-state index in [0.717, 1.165) is 28.5 Å². The molecule has 2 fully saturated rings. The van der Waals surface area contributed by atoms with Gasteiger partial charge in [0.1, 0.15) is 78.5 Å². The molecule has 3 heterocycles. The largest absolute Gasteiger partial charge is 0.480 e. The van der Waals surface area contributed by atoms with Crippen molar-refractivity contribution < 1.29 is 92.3 Å². The Labute approximate surface area is 707 Å². The first-order chi connectivity index (χ1) is 58.1. The summed E-state index contributed by atoms with van der Waals surface area (Å²) in [5, 5.41) is 79.9. The molecule has 658 valence electrons. The standard InChI is InChI=1S/C81H113N19O19S2/c1-46(103)67-80(117)95-59(38-49-24-9-4-10-25-49)73(110)96-62(42-101)76(113)97-63(43-102)77(114)99-65(79(116)90-56(81(118)119)30-15-18-34-84)45-121-120-44-64(98-68(105)53-31-19-35-86-53)78(115)89-54(28-13-16-32-82)69(106)94-61(40-66(85)104)75(112)92-57(36-47-20-5-2-6-21-47)71(108)91-58(37-48-22-7-3-8-23-48)72(109)93-60(39-50-41-87-52-27-12-11-26-51(50)52)74(111)88-55(70(107)100-67)29-14-17-33-83/h2-12,20-27,41,46,53-65,67,86-87,101-103H,13-19,28-40,42-45,82-84H2,1H3,(H2,85,104)(H,88,111)(H,89,115)(H,90,116)(H,91,108)(H,92,112)(H,93,109)(H,94,106)(H,95,117)(H,96,110)(H,97,113)(H,98,105)(H,99,114)(H,100,107)(H,118,119)/t46-,53+,54+,55+,56+,57?,58+,59?,60?,61+,62+,63?,64+,65+,67+/m1/s1. The van der Waals surface area contributed by atoms with Crippen molar-refractivity contribution in [3.05, 3.63) is 144 Å². The minimum absolute atomic E-state index is 0.118. The Hall–Kier alpha value is -11.1. The molecule has 40 heteroatoms. The van der Waals surface area contributed by atoms with Crippen molar-refractivity contribution in [2.75, 3.05) is 50.9 Å². The summed E-state index contributed by atoms with van der Waals surface area (Å²) in [4.78, 5) is 221. The Morgan fingerprint density at radius 2 is 0.876 bits per heavy atom. The van der Waals surface area contributed by atoms with E-state index in [1.807, 2.05) is 0 Å². The maximum Gasteiger partial charge on any atom is 0.326 e. The predicted molar refractivity (Wildman–Crippen MR) is 449 cm³/mol. The summed E-state index contributed by atoms with van der Waals surface area (Å²) in [6, 6.07) is 8.82. The van der Waals surface area contributed by atoms with Crippen molar-refractivity contribution in [3.63, 3.8) is 0 Å². The van der Waals surface area contributed by atoms with Crippen molar-refractivity contribution in [1.29, 1.82) is 0 Å². The fourth-order valence-corrected chi connectivity index (χ4v) is 15.7. The third-order valence-electron chi connectivity index (χ3n) is 20.1. The molecule has 14 amide bonds. The van der Waals surface area contributed by atoms with Crippen LogP contribution in [-0.2, 0) is 97.6 Å². The normalized spacial score (nSPS) is 24.2. The highest BCUT2D eigenvalue weighted by molar-refractivity contribution is 8.76. The lowest BCUT2D eigenvalue weighted by molar-refractivity contribution is -0.142. The van der Waals surface area contributed by atoms with Gasteiger partial charge in [-0.2, -0.15) is 0 Å². The lowest BCUT2D eigenvalue weighted by atomic mass is 10.00. The van der Waals surface area contributed by atoms with E-state index in [2.05, 4.69) is 79.4 Å². The van der Waals surface area contributed by atoms with Gasteiger partial charge in [-0.1, -0.05) is 131 Å². The number of primary amides is 1. The number of benzene rings is 4. The number of amides is 14. The summed E-state index contributed by atoms with van der Waals surface area (Å²) in [7, 11) is 1.68. The van der Waals surface area contributed by atoms with Crippen molar-refractivity contribution in [2.45, 2.75) is 200 Å². The number of aliphatic hydroxyl groups excluding tert-OH is 3. The van der Waals surface area contributed by atoms with Crippen molar-refractivity contribution >= 4 is 121 Å². The highest BCUT2D eigenvalue weighted by Gasteiger charge is 2.40. The summed E-state index contributed by atoms with van der Waals surface area (Å²) in [6.07, 6.45) is -0.0726. The lowest BCUT2D eigenvalue weighted by Gasteiger charge is -2.29. The molecule has 1 aromatic heterocycles. The number of hydrogen-bond acceptors (Lipinski definition) is 24. The molecule has 2 aliphatic heterocycles. The maximum absolute atomic E-state index is 15.4. The second-order valence-electron chi connectivity index (χ2n) is 29.5. The Bertz CT molecular complexity index is 4280. The van der Waals surface area contributed by atoms with Gasteiger partial charge in [-0.25, -0.2) is 4.79 Å². The van der Waals surface area contributed by atoms with Crippen LogP contribution >= 0.6 is 21.6 Å². The van der Waals surface area contributed by atoms with Gasteiger partial charge < -0.3 is 123 Å². The molecule has 0 radical (unpaired) electrons. The summed E-state index contributed by atoms with van der Waals surface area (Å²) < 4.78 is 0. The number of hydrogen-bond donors (Lipinski definition) is 23. The van der Waals surface area contributed by atoms with Gasteiger partial charge in [0.25, 0.3) is 0 Å². The smallest absolute Gasteiger partial charge is 0.326 e.